The Bertz CT molecular complexity index is 1320. The predicted octanol–water partition coefficient (Wildman–Crippen LogP) is 2.67. The Morgan fingerprint density at radius 3 is 2.97 bits per heavy atom. The normalized spacial score (nSPS) is 12.3. The molecule has 2 aromatic carbocycles. The summed E-state index contributed by atoms with van der Waals surface area (Å²) in [6.07, 6.45) is 0.0753. The number of anilines is 1. The monoisotopic (exact) mass is 421 g/mol. The highest BCUT2D eigenvalue weighted by atomic mass is 32.1. The molecule has 3 heterocycles. The quantitative estimate of drug-likeness (QED) is 0.528. The molecule has 0 fully saturated rings. The number of aromatic nitrogens is 4. The van der Waals surface area contributed by atoms with Crippen LogP contribution < -0.4 is 20.3 Å². The third kappa shape index (κ3) is 3.48. The molecule has 150 valence electrons. The molecule has 0 saturated heterocycles. The van der Waals surface area contributed by atoms with Crippen LogP contribution in [0, 0.1) is 0 Å². The van der Waals surface area contributed by atoms with Gasteiger partial charge in [-0.05, 0) is 30.3 Å². The first-order valence-electron chi connectivity index (χ1n) is 9.15. The molecule has 0 spiro atoms. The third-order valence-electron chi connectivity index (χ3n) is 4.60. The summed E-state index contributed by atoms with van der Waals surface area (Å²) in [5.74, 6) is 1.12. The van der Waals surface area contributed by atoms with Gasteiger partial charge in [0.15, 0.2) is 16.6 Å². The number of fused-ring (bicyclic) bond motifs is 2. The van der Waals surface area contributed by atoms with E-state index in [2.05, 4.69) is 20.6 Å². The SMILES string of the molecule is O=C(CCn1nnc2ccccc2c1=O)Nc1nc(-c2ccc3c(c2)OCO3)cs1. The van der Waals surface area contributed by atoms with Crippen LogP contribution in [-0.2, 0) is 11.3 Å². The summed E-state index contributed by atoms with van der Waals surface area (Å²) in [6, 6.07) is 12.5. The first-order chi connectivity index (χ1) is 14.7. The molecular formula is C20H15N5O4S. The fourth-order valence-electron chi connectivity index (χ4n) is 3.08. The molecule has 0 unspecified atom stereocenters. The maximum atomic E-state index is 12.4. The first-order valence-corrected chi connectivity index (χ1v) is 10.0. The van der Waals surface area contributed by atoms with Gasteiger partial charge in [-0.3, -0.25) is 9.59 Å². The van der Waals surface area contributed by atoms with E-state index in [-0.39, 0.29) is 31.2 Å². The molecule has 0 saturated carbocycles. The van der Waals surface area contributed by atoms with Crippen LogP contribution in [0.1, 0.15) is 6.42 Å². The van der Waals surface area contributed by atoms with Crippen LogP contribution in [0.25, 0.3) is 22.2 Å². The number of ether oxygens (including phenoxy) is 2. The number of hydrogen-bond acceptors (Lipinski definition) is 8. The number of thiazole rings is 1. The molecule has 9 nitrogen and oxygen atoms in total. The van der Waals surface area contributed by atoms with Gasteiger partial charge in [0.2, 0.25) is 12.7 Å². The van der Waals surface area contributed by atoms with Crippen molar-refractivity contribution >= 4 is 33.3 Å². The predicted molar refractivity (Wildman–Crippen MR) is 111 cm³/mol. The number of carbonyl (C=O) groups excluding carboxylic acids is 1. The van der Waals surface area contributed by atoms with E-state index in [1.54, 1.807) is 24.3 Å². The van der Waals surface area contributed by atoms with Crippen molar-refractivity contribution in [2.24, 2.45) is 0 Å². The zero-order chi connectivity index (χ0) is 20.5. The number of benzene rings is 2. The van der Waals surface area contributed by atoms with Gasteiger partial charge < -0.3 is 14.8 Å². The second-order valence-corrected chi connectivity index (χ2v) is 7.40. The van der Waals surface area contributed by atoms with E-state index in [1.807, 2.05) is 23.6 Å². The summed E-state index contributed by atoms with van der Waals surface area (Å²) >= 11 is 1.32. The molecule has 0 radical (unpaired) electrons. The van der Waals surface area contributed by atoms with Crippen molar-refractivity contribution in [3.05, 3.63) is 58.2 Å². The van der Waals surface area contributed by atoms with Crippen LogP contribution >= 0.6 is 11.3 Å². The number of nitrogens with one attached hydrogen (secondary N) is 1. The standard InChI is InChI=1S/C20H15N5O4S/c26-18(7-8-25-19(27)13-3-1-2-4-14(13)23-24-25)22-20-21-15(10-30-20)12-5-6-16-17(9-12)29-11-28-16/h1-6,9-10H,7-8,11H2,(H,21,22,26). The van der Waals surface area contributed by atoms with Crippen molar-refractivity contribution in [1.29, 1.82) is 0 Å². The van der Waals surface area contributed by atoms with E-state index in [9.17, 15) is 9.59 Å². The Morgan fingerprint density at radius 1 is 1.17 bits per heavy atom. The van der Waals surface area contributed by atoms with Gasteiger partial charge in [-0.15, -0.1) is 16.4 Å². The smallest absolute Gasteiger partial charge is 0.277 e. The number of amides is 1. The summed E-state index contributed by atoms with van der Waals surface area (Å²) in [5, 5.41) is 13.5. The molecule has 1 aliphatic rings. The first kappa shape index (κ1) is 18.3. The fourth-order valence-corrected chi connectivity index (χ4v) is 3.81. The molecule has 1 aliphatic heterocycles. The van der Waals surface area contributed by atoms with Crippen LogP contribution in [-0.4, -0.2) is 32.7 Å². The Hall–Kier alpha value is -3.79. The van der Waals surface area contributed by atoms with Crippen molar-refractivity contribution in [2.45, 2.75) is 13.0 Å². The van der Waals surface area contributed by atoms with Crippen molar-refractivity contribution in [3.8, 4) is 22.8 Å². The van der Waals surface area contributed by atoms with Crippen molar-refractivity contribution in [2.75, 3.05) is 12.1 Å². The van der Waals surface area contributed by atoms with E-state index < -0.39 is 0 Å². The zero-order valence-corrected chi connectivity index (χ0v) is 16.4. The largest absolute Gasteiger partial charge is 0.454 e. The van der Waals surface area contributed by atoms with Crippen LogP contribution in [0.3, 0.4) is 0 Å². The summed E-state index contributed by atoms with van der Waals surface area (Å²) < 4.78 is 11.9. The Kier molecular flexibility index (Phi) is 4.60. The zero-order valence-electron chi connectivity index (χ0n) is 15.6. The Labute approximate surface area is 173 Å². The molecule has 1 N–H and O–H groups in total. The van der Waals surface area contributed by atoms with E-state index in [0.717, 1.165) is 11.3 Å². The van der Waals surface area contributed by atoms with Crippen molar-refractivity contribution in [3.63, 3.8) is 0 Å². The molecule has 30 heavy (non-hydrogen) atoms. The highest BCUT2D eigenvalue weighted by Crippen LogP contribution is 2.36. The summed E-state index contributed by atoms with van der Waals surface area (Å²) in [7, 11) is 0. The average molecular weight is 421 g/mol. The van der Waals surface area contributed by atoms with Gasteiger partial charge in [0.05, 0.1) is 17.6 Å². The second kappa shape index (κ2) is 7.56. The number of rotatable bonds is 5. The van der Waals surface area contributed by atoms with Crippen LogP contribution in [0.15, 0.2) is 52.6 Å². The van der Waals surface area contributed by atoms with Crippen molar-refractivity contribution in [1.82, 2.24) is 20.0 Å². The summed E-state index contributed by atoms with van der Waals surface area (Å²) in [5.41, 5.74) is 1.86. The second-order valence-electron chi connectivity index (χ2n) is 6.54. The molecule has 4 aromatic rings. The molecule has 0 bridgehead atoms. The van der Waals surface area contributed by atoms with Gasteiger partial charge in [0, 0.05) is 17.4 Å². The Balaban J connectivity index is 1.24. The highest BCUT2D eigenvalue weighted by Gasteiger charge is 2.16. The maximum absolute atomic E-state index is 12.4. The molecule has 2 aromatic heterocycles. The van der Waals surface area contributed by atoms with Gasteiger partial charge in [0.25, 0.3) is 5.56 Å². The van der Waals surface area contributed by atoms with Crippen molar-refractivity contribution < 1.29 is 14.3 Å². The summed E-state index contributed by atoms with van der Waals surface area (Å²) in [6.45, 7) is 0.338. The van der Waals surface area contributed by atoms with E-state index in [0.29, 0.717) is 27.5 Å². The number of hydrogen-bond donors (Lipinski definition) is 1. The summed E-state index contributed by atoms with van der Waals surface area (Å²) in [4.78, 5) is 29.2. The van der Waals surface area contributed by atoms with Gasteiger partial charge in [-0.1, -0.05) is 17.3 Å². The maximum Gasteiger partial charge on any atom is 0.277 e. The topological polar surface area (TPSA) is 108 Å². The minimum Gasteiger partial charge on any atom is -0.454 e. The highest BCUT2D eigenvalue weighted by molar-refractivity contribution is 7.14. The molecule has 0 aliphatic carbocycles. The molecule has 0 atom stereocenters. The van der Waals surface area contributed by atoms with E-state index in [1.165, 1.54) is 16.0 Å². The minimum atomic E-state index is -0.271. The van der Waals surface area contributed by atoms with Gasteiger partial charge >= 0.3 is 0 Å². The lowest BCUT2D eigenvalue weighted by molar-refractivity contribution is -0.116. The van der Waals surface area contributed by atoms with Crippen LogP contribution in [0.2, 0.25) is 0 Å². The van der Waals surface area contributed by atoms with Crippen LogP contribution in [0.5, 0.6) is 11.5 Å². The lowest BCUT2D eigenvalue weighted by atomic mass is 10.1. The third-order valence-corrected chi connectivity index (χ3v) is 5.36. The van der Waals surface area contributed by atoms with E-state index in [4.69, 9.17) is 9.47 Å². The lowest BCUT2D eigenvalue weighted by Gasteiger charge is -2.05. The number of aryl methyl sites for hydroxylation is 1. The van der Waals surface area contributed by atoms with E-state index >= 15 is 0 Å². The lowest BCUT2D eigenvalue weighted by Crippen LogP contribution is -2.26. The van der Waals surface area contributed by atoms with Crippen LogP contribution in [0.4, 0.5) is 5.13 Å². The number of carbonyl (C=O) groups is 1. The molecular weight excluding hydrogens is 406 g/mol. The molecule has 10 heteroatoms. The fraction of sp³-hybridized carbons (Fsp3) is 0.150. The molecule has 5 rings (SSSR count). The van der Waals surface area contributed by atoms with Gasteiger partial charge in [-0.25, -0.2) is 9.67 Å². The Morgan fingerprint density at radius 2 is 2.03 bits per heavy atom. The number of nitrogens with zero attached hydrogens (tertiary/aromatic N) is 4. The minimum absolute atomic E-state index is 0.0753. The van der Waals surface area contributed by atoms with Gasteiger partial charge in [-0.2, -0.15) is 0 Å². The van der Waals surface area contributed by atoms with Gasteiger partial charge in [0.1, 0.15) is 5.52 Å². The average Bonchev–Trinajstić information content (AvgIpc) is 3.42. The molecule has 1 amide bonds.